The Labute approximate surface area is 335 Å². The second-order valence-electron chi connectivity index (χ2n) is 15.8. The molecule has 3 aliphatic rings. The first-order valence-corrected chi connectivity index (χ1v) is 20.0. The Morgan fingerprint density at radius 3 is 1.71 bits per heavy atom. The zero-order chi connectivity index (χ0) is 38.1. The predicted octanol–water partition coefficient (Wildman–Crippen LogP) is 14.4. The summed E-state index contributed by atoms with van der Waals surface area (Å²) in [5.74, 6) is -0.240. The first kappa shape index (κ1) is 31.7. The molecule has 270 valence electrons. The van der Waals surface area contributed by atoms with Gasteiger partial charge in [-0.3, -0.25) is 0 Å². The Morgan fingerprint density at radius 1 is 0.379 bits per heavy atom. The molecule has 9 aromatic carbocycles. The van der Waals surface area contributed by atoms with Crippen molar-refractivity contribution in [2.45, 2.75) is 5.41 Å². The highest BCUT2D eigenvalue weighted by Gasteiger charge is 2.57. The fraction of sp³-hybridized carbons (Fsp3) is 0.0182. The summed E-state index contributed by atoms with van der Waals surface area (Å²) in [4.78, 5) is 2.39. The largest absolute Gasteiger partial charge is 0.310 e. The first-order chi connectivity index (χ1) is 28.7. The van der Waals surface area contributed by atoms with Crippen molar-refractivity contribution in [2.75, 3.05) is 4.90 Å². The lowest BCUT2D eigenvalue weighted by atomic mass is 9.73. The molecule has 0 amide bonds. The molecular weight excluding hydrogens is 708 g/mol. The van der Waals surface area contributed by atoms with Gasteiger partial charge in [0.1, 0.15) is 5.82 Å². The van der Waals surface area contributed by atoms with E-state index in [0.717, 1.165) is 44.9 Å². The molecule has 1 heterocycles. The Balaban J connectivity index is 0.963. The van der Waals surface area contributed by atoms with Crippen molar-refractivity contribution in [1.82, 2.24) is 4.57 Å². The molecule has 0 bridgehead atoms. The van der Waals surface area contributed by atoms with Gasteiger partial charge in [0, 0.05) is 33.5 Å². The summed E-state index contributed by atoms with van der Waals surface area (Å²) in [5, 5.41) is 2.34. The molecule has 10 aromatic rings. The van der Waals surface area contributed by atoms with E-state index in [2.05, 4.69) is 185 Å². The van der Waals surface area contributed by atoms with Crippen LogP contribution >= 0.6 is 0 Å². The van der Waals surface area contributed by atoms with Crippen molar-refractivity contribution >= 4 is 38.9 Å². The molecule has 0 N–H and O–H groups in total. The van der Waals surface area contributed by atoms with Gasteiger partial charge in [-0.05, 0) is 140 Å². The van der Waals surface area contributed by atoms with Gasteiger partial charge in [-0.15, -0.1) is 0 Å². The van der Waals surface area contributed by atoms with Crippen molar-refractivity contribution in [3.8, 4) is 50.2 Å². The van der Waals surface area contributed by atoms with Gasteiger partial charge in [0.05, 0.1) is 16.4 Å². The molecule has 0 radical (unpaired) electrons. The number of para-hydroxylation sites is 2. The van der Waals surface area contributed by atoms with Crippen molar-refractivity contribution in [1.29, 1.82) is 0 Å². The van der Waals surface area contributed by atoms with Gasteiger partial charge in [0.2, 0.25) is 0 Å². The molecule has 1 atom stereocenters. The highest BCUT2D eigenvalue weighted by molar-refractivity contribution is 6.10. The minimum absolute atomic E-state index is 0.240. The maximum absolute atomic E-state index is 14.0. The summed E-state index contributed by atoms with van der Waals surface area (Å²) in [7, 11) is 0. The minimum atomic E-state index is -0.346. The van der Waals surface area contributed by atoms with Gasteiger partial charge < -0.3 is 9.47 Å². The molecule has 13 rings (SSSR count). The standard InChI is InChI=1S/C55H33FN2/c56-36-23-27-39(28-24-36)58-51-19-7-5-13-43(51)44-30-22-35(32-52(44)58)34-20-25-38(26-21-34)57(37-10-2-1-3-11-37)40-29-31-42-46-15-9-17-48-47-16-8-14-45-41-12-4-6-18-49(41)55(53(45)47,54(46)48)50(42)33-40/h1-33H. The fourth-order valence-electron chi connectivity index (χ4n) is 10.7. The minimum Gasteiger partial charge on any atom is -0.310 e. The second-order valence-corrected chi connectivity index (χ2v) is 15.8. The zero-order valence-corrected chi connectivity index (χ0v) is 31.3. The van der Waals surface area contributed by atoms with Gasteiger partial charge in [0.15, 0.2) is 0 Å². The number of aromatic nitrogens is 1. The van der Waals surface area contributed by atoms with E-state index in [1.54, 1.807) is 0 Å². The summed E-state index contributed by atoms with van der Waals surface area (Å²) >= 11 is 0. The van der Waals surface area contributed by atoms with Crippen molar-refractivity contribution in [3.63, 3.8) is 0 Å². The molecule has 0 saturated carbocycles. The Kier molecular flexibility index (Phi) is 6.30. The molecule has 0 aliphatic heterocycles. The van der Waals surface area contributed by atoms with Gasteiger partial charge in [0.25, 0.3) is 0 Å². The second kappa shape index (κ2) is 11.5. The summed E-state index contributed by atoms with van der Waals surface area (Å²) < 4.78 is 16.3. The summed E-state index contributed by atoms with van der Waals surface area (Å²) in [6.07, 6.45) is 0. The summed E-state index contributed by atoms with van der Waals surface area (Å²) in [5.41, 5.74) is 22.0. The number of anilines is 3. The van der Waals surface area contributed by atoms with Crippen LogP contribution in [0.4, 0.5) is 21.5 Å². The molecule has 3 heteroatoms. The predicted molar refractivity (Wildman–Crippen MR) is 236 cm³/mol. The topological polar surface area (TPSA) is 8.17 Å². The Morgan fingerprint density at radius 2 is 0.948 bits per heavy atom. The summed E-state index contributed by atoms with van der Waals surface area (Å²) in [6.45, 7) is 0. The fourth-order valence-corrected chi connectivity index (χ4v) is 10.7. The molecule has 0 saturated heterocycles. The van der Waals surface area contributed by atoms with Crippen LogP contribution in [0.3, 0.4) is 0 Å². The van der Waals surface area contributed by atoms with Gasteiger partial charge >= 0.3 is 0 Å². The number of hydrogen-bond donors (Lipinski definition) is 0. The van der Waals surface area contributed by atoms with Crippen LogP contribution in [0, 0.1) is 5.82 Å². The average Bonchev–Trinajstić information content (AvgIpc) is 3.98. The number of benzene rings is 9. The number of nitrogens with zero attached hydrogens (tertiary/aromatic N) is 2. The third-order valence-electron chi connectivity index (χ3n) is 13.0. The number of fused-ring (bicyclic) bond motifs is 8. The van der Waals surface area contributed by atoms with Crippen molar-refractivity contribution < 1.29 is 4.39 Å². The molecule has 3 aliphatic carbocycles. The van der Waals surface area contributed by atoms with Crippen LogP contribution in [0.5, 0.6) is 0 Å². The van der Waals surface area contributed by atoms with Crippen LogP contribution in [-0.2, 0) is 5.41 Å². The highest BCUT2D eigenvalue weighted by atomic mass is 19.1. The van der Waals surface area contributed by atoms with E-state index in [9.17, 15) is 4.39 Å². The first-order valence-electron chi connectivity index (χ1n) is 20.0. The third-order valence-corrected chi connectivity index (χ3v) is 13.0. The monoisotopic (exact) mass is 740 g/mol. The molecular formula is C55H33FN2. The zero-order valence-electron chi connectivity index (χ0n) is 31.3. The number of halogens is 1. The molecule has 58 heavy (non-hydrogen) atoms. The van der Waals surface area contributed by atoms with Gasteiger partial charge in [-0.25, -0.2) is 4.39 Å². The average molecular weight is 741 g/mol. The van der Waals surface area contributed by atoms with Gasteiger partial charge in [-0.2, -0.15) is 0 Å². The van der Waals surface area contributed by atoms with E-state index in [0.29, 0.717) is 0 Å². The molecule has 2 nitrogen and oxygen atoms in total. The highest BCUT2D eigenvalue weighted by Crippen LogP contribution is 2.70. The lowest BCUT2D eigenvalue weighted by Gasteiger charge is -2.30. The molecule has 1 unspecified atom stereocenters. The van der Waals surface area contributed by atoms with Crippen molar-refractivity contribution in [2.24, 2.45) is 0 Å². The van der Waals surface area contributed by atoms with E-state index in [1.807, 2.05) is 12.1 Å². The Hall–Kier alpha value is -7.49. The normalized spacial score (nSPS) is 15.1. The van der Waals surface area contributed by atoms with Crippen molar-refractivity contribution in [3.05, 3.63) is 228 Å². The molecule has 1 spiro atoms. The van der Waals surface area contributed by atoms with Crippen LogP contribution in [0.25, 0.3) is 72.0 Å². The number of hydrogen-bond acceptors (Lipinski definition) is 1. The lowest BCUT2D eigenvalue weighted by molar-refractivity contribution is 0.627. The quantitative estimate of drug-likeness (QED) is 0.171. The smallest absolute Gasteiger partial charge is 0.123 e. The van der Waals surface area contributed by atoms with Crippen LogP contribution < -0.4 is 4.90 Å². The van der Waals surface area contributed by atoms with E-state index < -0.39 is 0 Å². The van der Waals surface area contributed by atoms with E-state index in [1.165, 1.54) is 78.5 Å². The van der Waals surface area contributed by atoms with E-state index in [-0.39, 0.29) is 11.2 Å². The van der Waals surface area contributed by atoms with Crippen LogP contribution in [0.2, 0.25) is 0 Å². The van der Waals surface area contributed by atoms with E-state index >= 15 is 0 Å². The van der Waals surface area contributed by atoms with E-state index in [4.69, 9.17) is 0 Å². The van der Waals surface area contributed by atoms with Gasteiger partial charge in [-0.1, -0.05) is 127 Å². The van der Waals surface area contributed by atoms with Crippen LogP contribution in [0.1, 0.15) is 22.3 Å². The third kappa shape index (κ3) is 4.05. The maximum atomic E-state index is 14.0. The summed E-state index contributed by atoms with van der Waals surface area (Å²) in [6, 6.07) is 71.5. The SMILES string of the molecule is Fc1ccc(-n2c3ccccc3c3ccc(-c4ccc(N(c5ccccc5)c5ccc6c(c5)C57c8ccccc8-c8cccc(c85)-c5cccc-6c57)cc4)cc32)cc1. The molecule has 1 aromatic heterocycles. The molecule has 0 fully saturated rings. The number of rotatable bonds is 5. The van der Waals surface area contributed by atoms with Crippen LogP contribution in [0.15, 0.2) is 200 Å². The van der Waals surface area contributed by atoms with Crippen LogP contribution in [-0.4, -0.2) is 4.57 Å². The Bertz CT molecular complexity index is 3300. The maximum Gasteiger partial charge on any atom is 0.123 e. The lowest BCUT2D eigenvalue weighted by Crippen LogP contribution is -2.23.